The Balaban J connectivity index is 2.27. The summed E-state index contributed by atoms with van der Waals surface area (Å²) in [6, 6.07) is 6.38. The predicted molar refractivity (Wildman–Crippen MR) is 56.6 cm³/mol. The van der Waals surface area contributed by atoms with Gasteiger partial charge in [0.15, 0.2) is 10.7 Å². The first-order valence-corrected chi connectivity index (χ1v) is 5.91. The van der Waals surface area contributed by atoms with Gasteiger partial charge >= 0.3 is 0 Å². The summed E-state index contributed by atoms with van der Waals surface area (Å²) in [6.07, 6.45) is 1.45. The van der Waals surface area contributed by atoms with Crippen molar-refractivity contribution in [2.75, 3.05) is 11.4 Å². The van der Waals surface area contributed by atoms with Gasteiger partial charge in [0.25, 0.3) is 0 Å². The molecular weight excluding hydrogens is 214 g/mol. The lowest BCUT2D eigenvalue weighted by molar-refractivity contribution is -0.117. The van der Waals surface area contributed by atoms with Gasteiger partial charge in [-0.15, -0.1) is 0 Å². The zero-order valence-corrected chi connectivity index (χ0v) is 8.94. The average molecular weight is 225 g/mol. The van der Waals surface area contributed by atoms with Crippen LogP contribution in [0.4, 0.5) is 5.69 Å². The summed E-state index contributed by atoms with van der Waals surface area (Å²) in [7, 11) is -2.53. The van der Waals surface area contributed by atoms with Gasteiger partial charge in [-0.1, -0.05) is 0 Å². The molecule has 1 fully saturated rings. The van der Waals surface area contributed by atoms with Crippen LogP contribution < -0.4 is 4.90 Å². The van der Waals surface area contributed by atoms with Crippen molar-refractivity contribution in [1.82, 2.24) is 0 Å². The molecule has 0 aliphatic carbocycles. The minimum atomic E-state index is -2.53. The fourth-order valence-corrected chi connectivity index (χ4v) is 2.07. The number of nitrogens with zero attached hydrogens (tertiary/aromatic N) is 1. The normalized spacial score (nSPS) is 16.3. The van der Waals surface area contributed by atoms with Crippen LogP contribution in [0.15, 0.2) is 29.2 Å². The van der Waals surface area contributed by atoms with E-state index in [2.05, 4.69) is 0 Å². The van der Waals surface area contributed by atoms with Crippen LogP contribution in [-0.4, -0.2) is 20.9 Å². The van der Waals surface area contributed by atoms with E-state index >= 15 is 0 Å². The Kier molecular flexibility index (Phi) is 2.73. The summed E-state index contributed by atoms with van der Waals surface area (Å²) < 4.78 is 21.3. The van der Waals surface area contributed by atoms with Gasteiger partial charge in [-0.05, 0) is 30.7 Å². The Morgan fingerprint density at radius 3 is 2.27 bits per heavy atom. The molecule has 0 atom stereocenters. The third-order valence-electron chi connectivity index (χ3n) is 2.45. The molecule has 1 aromatic rings. The zero-order valence-electron chi connectivity index (χ0n) is 8.05. The van der Waals surface area contributed by atoms with Crippen molar-refractivity contribution >= 4 is 22.3 Å². The Morgan fingerprint density at radius 1 is 1.13 bits per heavy atom. The monoisotopic (exact) mass is 225 g/mol. The van der Waals surface area contributed by atoms with Crippen molar-refractivity contribution in [1.29, 1.82) is 0 Å². The highest BCUT2D eigenvalue weighted by Gasteiger charge is 2.21. The maximum absolute atomic E-state index is 11.4. The molecule has 15 heavy (non-hydrogen) atoms. The molecule has 0 saturated carbocycles. The van der Waals surface area contributed by atoms with E-state index in [1.807, 2.05) is 0 Å². The van der Waals surface area contributed by atoms with Gasteiger partial charge in [0.2, 0.25) is 5.91 Å². The Morgan fingerprint density at radius 2 is 1.80 bits per heavy atom. The molecule has 1 heterocycles. The molecule has 1 aliphatic rings. The predicted octanol–water partition coefficient (Wildman–Crippen LogP) is 0.784. The van der Waals surface area contributed by atoms with Gasteiger partial charge in [0.05, 0.1) is 4.90 Å². The molecular formula is C10H11NO3S. The molecule has 80 valence electrons. The lowest BCUT2D eigenvalue weighted by Crippen LogP contribution is -2.23. The number of thiol groups is 1. The molecule has 0 N–H and O–H groups in total. The second kappa shape index (κ2) is 4.02. The van der Waals surface area contributed by atoms with Crippen molar-refractivity contribution in [2.24, 2.45) is 0 Å². The second-order valence-corrected chi connectivity index (χ2v) is 4.45. The third-order valence-corrected chi connectivity index (χ3v) is 3.17. The summed E-state index contributed by atoms with van der Waals surface area (Å²) >= 11 is 0. The number of anilines is 1. The maximum Gasteiger partial charge on any atom is 0.227 e. The molecule has 1 aromatic carbocycles. The van der Waals surface area contributed by atoms with Crippen molar-refractivity contribution in [3.8, 4) is 0 Å². The lowest BCUT2D eigenvalue weighted by Gasteiger charge is -2.15. The SMILES string of the molecule is O=C1CCCN1c1ccc([SH](=O)=O)cc1. The Labute approximate surface area is 89.5 Å². The van der Waals surface area contributed by atoms with E-state index in [0.717, 1.165) is 18.7 Å². The maximum atomic E-state index is 11.4. The second-order valence-electron chi connectivity index (χ2n) is 3.42. The number of rotatable bonds is 2. The smallest absolute Gasteiger partial charge is 0.227 e. The van der Waals surface area contributed by atoms with Crippen molar-refractivity contribution in [3.05, 3.63) is 24.3 Å². The van der Waals surface area contributed by atoms with Gasteiger partial charge in [0.1, 0.15) is 0 Å². The van der Waals surface area contributed by atoms with Gasteiger partial charge < -0.3 is 4.90 Å². The van der Waals surface area contributed by atoms with Crippen LogP contribution in [0.1, 0.15) is 12.8 Å². The fraction of sp³-hybridized carbons (Fsp3) is 0.300. The molecule has 1 amide bonds. The molecule has 1 aliphatic heterocycles. The topological polar surface area (TPSA) is 54.5 Å². The first kappa shape index (κ1) is 10.2. The van der Waals surface area contributed by atoms with Gasteiger partial charge in [0, 0.05) is 18.7 Å². The van der Waals surface area contributed by atoms with Crippen LogP contribution in [0.25, 0.3) is 0 Å². The minimum Gasteiger partial charge on any atom is -0.312 e. The number of benzene rings is 1. The van der Waals surface area contributed by atoms with E-state index in [1.165, 1.54) is 12.1 Å². The van der Waals surface area contributed by atoms with Gasteiger partial charge in [-0.3, -0.25) is 4.79 Å². The highest BCUT2D eigenvalue weighted by atomic mass is 32.2. The quantitative estimate of drug-likeness (QED) is 0.757. The Hall–Kier alpha value is -1.36. The van der Waals surface area contributed by atoms with Gasteiger partial charge in [-0.2, -0.15) is 0 Å². The van der Waals surface area contributed by atoms with Crippen LogP contribution >= 0.6 is 0 Å². The number of carbonyl (C=O) groups excluding carboxylic acids is 1. The molecule has 5 heteroatoms. The molecule has 2 rings (SSSR count). The van der Waals surface area contributed by atoms with E-state index in [1.54, 1.807) is 17.0 Å². The molecule has 0 bridgehead atoms. The number of hydrogen-bond acceptors (Lipinski definition) is 3. The molecule has 0 aromatic heterocycles. The minimum absolute atomic E-state index is 0.106. The van der Waals surface area contributed by atoms with Gasteiger partial charge in [-0.25, -0.2) is 8.42 Å². The van der Waals surface area contributed by atoms with Crippen molar-refractivity contribution < 1.29 is 13.2 Å². The highest BCUT2D eigenvalue weighted by molar-refractivity contribution is 7.72. The van der Waals surface area contributed by atoms with E-state index in [-0.39, 0.29) is 10.8 Å². The summed E-state index contributed by atoms with van der Waals surface area (Å²) in [6.45, 7) is 0.724. The molecule has 1 saturated heterocycles. The average Bonchev–Trinajstić information content (AvgIpc) is 2.65. The van der Waals surface area contributed by atoms with Crippen LogP contribution in [0.3, 0.4) is 0 Å². The summed E-state index contributed by atoms with van der Waals surface area (Å²) in [4.78, 5) is 13.4. The summed E-state index contributed by atoms with van der Waals surface area (Å²) in [5.74, 6) is 0.106. The third kappa shape index (κ3) is 2.02. The number of amides is 1. The van der Waals surface area contributed by atoms with E-state index in [0.29, 0.717) is 6.42 Å². The molecule has 4 nitrogen and oxygen atoms in total. The lowest BCUT2D eigenvalue weighted by atomic mass is 10.3. The van der Waals surface area contributed by atoms with E-state index in [4.69, 9.17) is 0 Å². The fourth-order valence-electron chi connectivity index (χ4n) is 1.68. The van der Waals surface area contributed by atoms with Crippen molar-refractivity contribution in [3.63, 3.8) is 0 Å². The summed E-state index contributed by atoms with van der Waals surface area (Å²) in [5, 5.41) is 0. The summed E-state index contributed by atoms with van der Waals surface area (Å²) in [5.41, 5.74) is 0.776. The van der Waals surface area contributed by atoms with E-state index < -0.39 is 10.7 Å². The molecule has 0 spiro atoms. The standard InChI is InChI=1S/C10H11NO3S/c12-10-2-1-7-11(10)8-3-5-9(6-4-8)15(13)14/h3-6,15H,1-2,7H2. The zero-order chi connectivity index (χ0) is 10.8. The van der Waals surface area contributed by atoms with Crippen molar-refractivity contribution in [2.45, 2.75) is 17.7 Å². The highest BCUT2D eigenvalue weighted by Crippen LogP contribution is 2.21. The Bertz CT molecular complexity index is 442. The molecule has 0 radical (unpaired) electrons. The van der Waals surface area contributed by atoms with Crippen LogP contribution in [0.2, 0.25) is 0 Å². The first-order chi connectivity index (χ1) is 7.18. The van der Waals surface area contributed by atoms with Crippen LogP contribution in [0, 0.1) is 0 Å². The first-order valence-electron chi connectivity index (χ1n) is 4.73. The number of hydrogen-bond donors (Lipinski definition) is 1. The number of carbonyl (C=O) groups is 1. The van der Waals surface area contributed by atoms with Crippen LogP contribution in [0.5, 0.6) is 0 Å². The molecule has 0 unspecified atom stereocenters. The largest absolute Gasteiger partial charge is 0.312 e. The van der Waals surface area contributed by atoms with E-state index in [9.17, 15) is 13.2 Å². The van der Waals surface area contributed by atoms with Crippen LogP contribution in [-0.2, 0) is 15.5 Å².